The average molecular weight is 455 g/mol. The summed E-state index contributed by atoms with van der Waals surface area (Å²) in [6.45, 7) is 0. The third-order valence-corrected chi connectivity index (χ3v) is 7.70. The lowest BCUT2D eigenvalue weighted by Gasteiger charge is -2.13. The molecule has 0 aliphatic carbocycles. The van der Waals surface area contributed by atoms with Crippen LogP contribution in [0.4, 0.5) is 0 Å². The summed E-state index contributed by atoms with van der Waals surface area (Å²) in [4.78, 5) is 0. The average Bonchev–Trinajstić information content (AvgIpc) is 2.93. The summed E-state index contributed by atoms with van der Waals surface area (Å²) in [5.41, 5.74) is 2.54. The Morgan fingerprint density at radius 3 is 1.44 bits per heavy atom. The molecule has 8 aromatic rings. The highest BCUT2D eigenvalue weighted by molar-refractivity contribution is 6.17. The van der Waals surface area contributed by atoms with Gasteiger partial charge in [0.1, 0.15) is 0 Å². The Balaban J connectivity index is 1.40. The summed E-state index contributed by atoms with van der Waals surface area (Å²) < 4.78 is 0. The quantitative estimate of drug-likeness (QED) is 0.171. The van der Waals surface area contributed by atoms with Crippen molar-refractivity contribution >= 4 is 64.6 Å². The molecule has 0 amide bonds. The van der Waals surface area contributed by atoms with E-state index in [2.05, 4.69) is 133 Å². The van der Waals surface area contributed by atoms with Crippen molar-refractivity contribution in [1.82, 2.24) is 0 Å². The summed E-state index contributed by atoms with van der Waals surface area (Å²) in [5.74, 6) is 0. The molecule has 0 radical (unpaired) electrons. The molecular formula is C36H22. The Labute approximate surface area is 209 Å². The Morgan fingerprint density at radius 2 is 0.750 bits per heavy atom. The van der Waals surface area contributed by atoms with E-state index in [1.165, 1.54) is 75.8 Å². The van der Waals surface area contributed by atoms with Gasteiger partial charge in [0.25, 0.3) is 0 Å². The summed E-state index contributed by atoms with van der Waals surface area (Å²) in [6, 6.07) is 49.3. The molecule has 0 unspecified atom stereocenters. The van der Waals surface area contributed by atoms with E-state index in [0.717, 1.165) is 0 Å². The first-order valence-corrected chi connectivity index (χ1v) is 12.5. The molecule has 0 aliphatic heterocycles. The van der Waals surface area contributed by atoms with Gasteiger partial charge in [0, 0.05) is 0 Å². The molecule has 0 heterocycles. The molecule has 166 valence electrons. The number of benzene rings is 8. The van der Waals surface area contributed by atoms with Crippen LogP contribution in [0, 0.1) is 0 Å². The van der Waals surface area contributed by atoms with E-state index in [4.69, 9.17) is 0 Å². The topological polar surface area (TPSA) is 0 Å². The zero-order valence-electron chi connectivity index (χ0n) is 19.7. The first-order valence-electron chi connectivity index (χ1n) is 12.5. The van der Waals surface area contributed by atoms with Gasteiger partial charge in [-0.3, -0.25) is 0 Å². The minimum Gasteiger partial charge on any atom is -0.0616 e. The lowest BCUT2D eigenvalue weighted by molar-refractivity contribution is 1.70. The molecular weight excluding hydrogens is 432 g/mol. The van der Waals surface area contributed by atoms with E-state index < -0.39 is 0 Å². The van der Waals surface area contributed by atoms with Crippen molar-refractivity contribution in [2.45, 2.75) is 0 Å². The van der Waals surface area contributed by atoms with Crippen molar-refractivity contribution in [3.63, 3.8) is 0 Å². The number of hydrogen-bond acceptors (Lipinski definition) is 0. The second-order valence-corrected chi connectivity index (χ2v) is 9.85. The third kappa shape index (κ3) is 2.95. The lowest BCUT2D eigenvalue weighted by Crippen LogP contribution is -1.86. The van der Waals surface area contributed by atoms with Crippen LogP contribution in [0.2, 0.25) is 0 Å². The van der Waals surface area contributed by atoms with Crippen molar-refractivity contribution < 1.29 is 0 Å². The predicted octanol–water partition coefficient (Wildman–Crippen LogP) is 10.3. The molecule has 0 aliphatic rings. The number of hydrogen-bond donors (Lipinski definition) is 0. The van der Waals surface area contributed by atoms with E-state index in [-0.39, 0.29) is 0 Å². The highest BCUT2D eigenvalue weighted by atomic mass is 14.1. The van der Waals surface area contributed by atoms with Crippen LogP contribution >= 0.6 is 0 Å². The summed E-state index contributed by atoms with van der Waals surface area (Å²) in [7, 11) is 0. The van der Waals surface area contributed by atoms with Crippen LogP contribution in [0.1, 0.15) is 0 Å². The first kappa shape index (κ1) is 19.6. The summed E-state index contributed by atoms with van der Waals surface area (Å²) >= 11 is 0. The van der Waals surface area contributed by atoms with Crippen molar-refractivity contribution in [3.8, 4) is 11.1 Å². The maximum atomic E-state index is 2.36. The molecule has 36 heavy (non-hydrogen) atoms. The van der Waals surface area contributed by atoms with Crippen molar-refractivity contribution in [2.24, 2.45) is 0 Å². The third-order valence-electron chi connectivity index (χ3n) is 7.70. The molecule has 0 atom stereocenters. The van der Waals surface area contributed by atoms with E-state index in [1.807, 2.05) is 0 Å². The summed E-state index contributed by atoms with van der Waals surface area (Å²) in [6.07, 6.45) is 0. The molecule has 0 spiro atoms. The summed E-state index contributed by atoms with van der Waals surface area (Å²) in [5, 5.41) is 15.5. The molecule has 0 N–H and O–H groups in total. The van der Waals surface area contributed by atoms with Gasteiger partial charge in [-0.1, -0.05) is 91.0 Å². The Morgan fingerprint density at radius 1 is 0.278 bits per heavy atom. The van der Waals surface area contributed by atoms with E-state index >= 15 is 0 Å². The second kappa shape index (κ2) is 7.41. The molecule has 0 aromatic heterocycles. The van der Waals surface area contributed by atoms with Gasteiger partial charge in [0.2, 0.25) is 0 Å². The second-order valence-electron chi connectivity index (χ2n) is 9.85. The van der Waals surface area contributed by atoms with Crippen LogP contribution in [-0.2, 0) is 0 Å². The minimum atomic E-state index is 1.26. The molecule has 0 bridgehead atoms. The van der Waals surface area contributed by atoms with Crippen LogP contribution in [0.15, 0.2) is 133 Å². The normalized spacial score (nSPS) is 11.9. The maximum absolute atomic E-state index is 2.36. The molecule has 0 nitrogen and oxygen atoms in total. The Kier molecular flexibility index (Phi) is 4.03. The highest BCUT2D eigenvalue weighted by Gasteiger charge is 2.10. The molecule has 0 fully saturated rings. The zero-order chi connectivity index (χ0) is 23.6. The van der Waals surface area contributed by atoms with Crippen LogP contribution in [0.25, 0.3) is 75.8 Å². The first-order chi connectivity index (χ1) is 17.8. The molecule has 8 rings (SSSR count). The van der Waals surface area contributed by atoms with Crippen LogP contribution in [0.3, 0.4) is 0 Å². The van der Waals surface area contributed by atoms with Gasteiger partial charge in [-0.2, -0.15) is 0 Å². The highest BCUT2D eigenvalue weighted by Crippen LogP contribution is 2.38. The fourth-order valence-corrected chi connectivity index (χ4v) is 5.90. The molecule has 0 saturated carbocycles. The molecule has 0 heteroatoms. The van der Waals surface area contributed by atoms with Gasteiger partial charge < -0.3 is 0 Å². The smallest absolute Gasteiger partial charge is 0.00266 e. The van der Waals surface area contributed by atoms with E-state index in [1.54, 1.807) is 0 Å². The van der Waals surface area contributed by atoms with Gasteiger partial charge in [-0.05, 0) is 118 Å². The van der Waals surface area contributed by atoms with Crippen molar-refractivity contribution in [3.05, 3.63) is 133 Å². The van der Waals surface area contributed by atoms with Gasteiger partial charge in [-0.25, -0.2) is 0 Å². The maximum Gasteiger partial charge on any atom is -0.00266 e. The Hall–Kier alpha value is -4.68. The van der Waals surface area contributed by atoms with Crippen LogP contribution < -0.4 is 0 Å². The molecule has 0 saturated heterocycles. The van der Waals surface area contributed by atoms with Gasteiger partial charge >= 0.3 is 0 Å². The number of rotatable bonds is 1. The fourth-order valence-electron chi connectivity index (χ4n) is 5.90. The minimum absolute atomic E-state index is 1.26. The lowest BCUT2D eigenvalue weighted by atomic mass is 9.91. The zero-order valence-corrected chi connectivity index (χ0v) is 19.7. The van der Waals surface area contributed by atoms with E-state index in [0.29, 0.717) is 0 Å². The Bertz CT molecular complexity index is 2150. The standard InChI is InChI=1S/C36H22/c1-2-8-26-18-33-21-31-20-29(15-13-28(31)19-32(33)17-25(26)7-1)34-11-5-10-23-12-14-30-16-24-6-3-4-9-27(24)22-35(30)36(23)34/h1-22H. The van der Waals surface area contributed by atoms with E-state index in [9.17, 15) is 0 Å². The van der Waals surface area contributed by atoms with Gasteiger partial charge in [0.05, 0.1) is 0 Å². The largest absolute Gasteiger partial charge is 0.0616 e. The van der Waals surface area contributed by atoms with Crippen molar-refractivity contribution in [1.29, 1.82) is 0 Å². The molecule has 8 aromatic carbocycles. The fraction of sp³-hybridized carbons (Fsp3) is 0. The van der Waals surface area contributed by atoms with Gasteiger partial charge in [0.15, 0.2) is 0 Å². The van der Waals surface area contributed by atoms with Gasteiger partial charge in [-0.15, -0.1) is 0 Å². The predicted molar refractivity (Wildman–Crippen MR) is 157 cm³/mol. The monoisotopic (exact) mass is 454 g/mol. The number of fused-ring (bicyclic) bond motifs is 7. The SMILES string of the molecule is c1ccc2cc3cc4cc(-c5cccc6ccc7cc8ccccc8cc7c56)ccc4cc3cc2c1. The van der Waals surface area contributed by atoms with Crippen LogP contribution in [0.5, 0.6) is 0 Å². The van der Waals surface area contributed by atoms with Crippen molar-refractivity contribution in [2.75, 3.05) is 0 Å². The van der Waals surface area contributed by atoms with Crippen LogP contribution in [-0.4, -0.2) is 0 Å².